The molecule has 0 heterocycles. The van der Waals surface area contributed by atoms with Gasteiger partial charge >= 0.3 is 0 Å². The Kier molecular flexibility index (Phi) is 4.00. The predicted octanol–water partition coefficient (Wildman–Crippen LogP) is 2.25. The van der Waals surface area contributed by atoms with Crippen LogP contribution in [-0.4, -0.2) is 18.7 Å². The van der Waals surface area contributed by atoms with Crippen molar-refractivity contribution in [3.8, 4) is 0 Å². The molecule has 1 unspecified atom stereocenters. The molecular formula is C9H11Cl2NO. The third-order valence-electron chi connectivity index (χ3n) is 1.67. The van der Waals surface area contributed by atoms with E-state index in [0.717, 1.165) is 5.56 Å². The summed E-state index contributed by atoms with van der Waals surface area (Å²) < 4.78 is 0. The van der Waals surface area contributed by atoms with E-state index in [1.165, 1.54) is 0 Å². The number of halogens is 2. The second-order valence-electron chi connectivity index (χ2n) is 2.78. The van der Waals surface area contributed by atoms with Gasteiger partial charge in [-0.25, -0.2) is 0 Å². The molecular weight excluding hydrogens is 209 g/mol. The summed E-state index contributed by atoms with van der Waals surface area (Å²) in [7, 11) is 1.77. The normalized spacial score (nSPS) is 12.9. The maximum Gasteiger partial charge on any atom is 0.0915 e. The van der Waals surface area contributed by atoms with Gasteiger partial charge in [0.25, 0.3) is 0 Å². The largest absolute Gasteiger partial charge is 0.387 e. The quantitative estimate of drug-likeness (QED) is 0.818. The lowest BCUT2D eigenvalue weighted by Crippen LogP contribution is -2.16. The second-order valence-corrected chi connectivity index (χ2v) is 3.65. The number of aliphatic hydroxyl groups is 1. The van der Waals surface area contributed by atoms with Crippen molar-refractivity contribution in [3.63, 3.8) is 0 Å². The summed E-state index contributed by atoms with van der Waals surface area (Å²) in [4.78, 5) is 0. The van der Waals surface area contributed by atoms with E-state index >= 15 is 0 Å². The topological polar surface area (TPSA) is 32.3 Å². The van der Waals surface area contributed by atoms with Crippen LogP contribution in [0.5, 0.6) is 0 Å². The van der Waals surface area contributed by atoms with Crippen LogP contribution in [0, 0.1) is 0 Å². The number of benzene rings is 1. The highest BCUT2D eigenvalue weighted by atomic mass is 35.5. The van der Waals surface area contributed by atoms with E-state index in [4.69, 9.17) is 23.2 Å². The first kappa shape index (κ1) is 10.8. The Morgan fingerprint density at radius 3 is 2.31 bits per heavy atom. The fourth-order valence-corrected chi connectivity index (χ4v) is 1.62. The van der Waals surface area contributed by atoms with Gasteiger partial charge in [-0.15, -0.1) is 0 Å². The van der Waals surface area contributed by atoms with Crippen molar-refractivity contribution in [1.82, 2.24) is 5.32 Å². The van der Waals surface area contributed by atoms with Gasteiger partial charge in [0.1, 0.15) is 0 Å². The highest BCUT2D eigenvalue weighted by Gasteiger charge is 2.07. The van der Waals surface area contributed by atoms with Gasteiger partial charge in [0.15, 0.2) is 0 Å². The molecule has 1 rings (SSSR count). The first-order chi connectivity index (χ1) is 6.13. The summed E-state index contributed by atoms with van der Waals surface area (Å²) in [6, 6.07) is 5.05. The Labute approximate surface area is 87.5 Å². The number of aliphatic hydroxyl groups excluding tert-OH is 1. The molecule has 0 radical (unpaired) electrons. The smallest absolute Gasteiger partial charge is 0.0915 e. The molecule has 0 fully saturated rings. The van der Waals surface area contributed by atoms with Crippen LogP contribution in [0.1, 0.15) is 11.7 Å². The fraction of sp³-hybridized carbons (Fsp3) is 0.333. The molecule has 0 aliphatic heterocycles. The van der Waals surface area contributed by atoms with Crippen molar-refractivity contribution < 1.29 is 5.11 Å². The van der Waals surface area contributed by atoms with Crippen molar-refractivity contribution in [2.24, 2.45) is 0 Å². The maximum atomic E-state index is 9.59. The monoisotopic (exact) mass is 219 g/mol. The van der Waals surface area contributed by atoms with Gasteiger partial charge in [-0.05, 0) is 30.8 Å². The van der Waals surface area contributed by atoms with E-state index in [9.17, 15) is 5.11 Å². The van der Waals surface area contributed by atoms with Crippen LogP contribution < -0.4 is 5.32 Å². The van der Waals surface area contributed by atoms with Gasteiger partial charge in [0.2, 0.25) is 0 Å². The zero-order valence-corrected chi connectivity index (χ0v) is 8.73. The third kappa shape index (κ3) is 3.16. The zero-order valence-electron chi connectivity index (χ0n) is 7.22. The van der Waals surface area contributed by atoms with E-state index in [0.29, 0.717) is 16.6 Å². The summed E-state index contributed by atoms with van der Waals surface area (Å²) >= 11 is 11.6. The molecule has 0 saturated heterocycles. The van der Waals surface area contributed by atoms with Gasteiger partial charge in [-0.2, -0.15) is 0 Å². The summed E-state index contributed by atoms with van der Waals surface area (Å²) in [5.41, 5.74) is 0.729. The first-order valence-corrected chi connectivity index (χ1v) is 4.67. The highest BCUT2D eigenvalue weighted by molar-refractivity contribution is 6.34. The molecule has 0 aliphatic rings. The number of nitrogens with one attached hydrogen (secondary N) is 1. The van der Waals surface area contributed by atoms with Crippen molar-refractivity contribution in [2.75, 3.05) is 13.6 Å². The SMILES string of the molecule is CNCC(O)c1cc(Cl)cc(Cl)c1. The van der Waals surface area contributed by atoms with Crippen molar-refractivity contribution in [2.45, 2.75) is 6.10 Å². The number of likely N-dealkylation sites (N-methyl/N-ethyl adjacent to an activating group) is 1. The molecule has 0 bridgehead atoms. The summed E-state index contributed by atoms with van der Waals surface area (Å²) in [5, 5.41) is 13.5. The van der Waals surface area contributed by atoms with Gasteiger partial charge in [-0.3, -0.25) is 0 Å². The van der Waals surface area contributed by atoms with Crippen LogP contribution in [0.2, 0.25) is 10.0 Å². The number of rotatable bonds is 3. The molecule has 13 heavy (non-hydrogen) atoms. The summed E-state index contributed by atoms with van der Waals surface area (Å²) in [6.07, 6.45) is -0.568. The molecule has 72 valence electrons. The fourth-order valence-electron chi connectivity index (χ4n) is 1.08. The summed E-state index contributed by atoms with van der Waals surface area (Å²) in [6.45, 7) is 0.483. The minimum atomic E-state index is -0.568. The molecule has 0 amide bonds. The van der Waals surface area contributed by atoms with Crippen LogP contribution in [0.15, 0.2) is 18.2 Å². The van der Waals surface area contributed by atoms with Crippen LogP contribution >= 0.6 is 23.2 Å². The van der Waals surface area contributed by atoms with Crippen molar-refractivity contribution in [3.05, 3.63) is 33.8 Å². The van der Waals surface area contributed by atoms with Crippen LogP contribution in [-0.2, 0) is 0 Å². The zero-order chi connectivity index (χ0) is 9.84. The van der Waals surface area contributed by atoms with E-state index in [1.54, 1.807) is 25.2 Å². The van der Waals surface area contributed by atoms with Gasteiger partial charge in [0.05, 0.1) is 6.10 Å². The van der Waals surface area contributed by atoms with Gasteiger partial charge < -0.3 is 10.4 Å². The molecule has 4 heteroatoms. The first-order valence-electron chi connectivity index (χ1n) is 3.92. The number of hydrogen-bond donors (Lipinski definition) is 2. The molecule has 0 spiro atoms. The van der Waals surface area contributed by atoms with Crippen molar-refractivity contribution in [1.29, 1.82) is 0 Å². The van der Waals surface area contributed by atoms with E-state index in [-0.39, 0.29) is 0 Å². The number of hydrogen-bond acceptors (Lipinski definition) is 2. The van der Waals surface area contributed by atoms with Crippen molar-refractivity contribution >= 4 is 23.2 Å². The Morgan fingerprint density at radius 1 is 1.31 bits per heavy atom. The van der Waals surface area contributed by atoms with Gasteiger partial charge in [-0.1, -0.05) is 23.2 Å². The predicted molar refractivity (Wildman–Crippen MR) is 55.3 cm³/mol. The Hall–Kier alpha value is -0.280. The molecule has 0 aliphatic carbocycles. The second kappa shape index (κ2) is 4.82. The third-order valence-corrected chi connectivity index (χ3v) is 2.10. The molecule has 2 N–H and O–H groups in total. The Balaban J connectivity index is 2.87. The average Bonchev–Trinajstić information content (AvgIpc) is 2.03. The Morgan fingerprint density at radius 2 is 1.85 bits per heavy atom. The lowest BCUT2D eigenvalue weighted by molar-refractivity contribution is 0.178. The minimum Gasteiger partial charge on any atom is -0.387 e. The molecule has 0 saturated carbocycles. The van der Waals surface area contributed by atoms with E-state index < -0.39 is 6.10 Å². The van der Waals surface area contributed by atoms with Gasteiger partial charge in [0, 0.05) is 16.6 Å². The average molecular weight is 220 g/mol. The van der Waals surface area contributed by atoms with Crippen LogP contribution in [0.4, 0.5) is 0 Å². The molecule has 1 aromatic carbocycles. The Bertz CT molecular complexity index is 271. The van der Waals surface area contributed by atoms with Crippen LogP contribution in [0.25, 0.3) is 0 Å². The van der Waals surface area contributed by atoms with Crippen LogP contribution in [0.3, 0.4) is 0 Å². The maximum absolute atomic E-state index is 9.59. The molecule has 0 aromatic heterocycles. The van der Waals surface area contributed by atoms with E-state index in [2.05, 4.69) is 5.32 Å². The molecule has 2 nitrogen and oxygen atoms in total. The summed E-state index contributed by atoms with van der Waals surface area (Å²) in [5.74, 6) is 0. The van der Waals surface area contributed by atoms with E-state index in [1.807, 2.05) is 0 Å². The highest BCUT2D eigenvalue weighted by Crippen LogP contribution is 2.22. The standard InChI is InChI=1S/C9H11Cl2NO/c1-12-5-9(13)6-2-7(10)4-8(11)3-6/h2-4,9,12-13H,5H2,1H3. The molecule has 1 atom stereocenters. The molecule has 1 aromatic rings. The lowest BCUT2D eigenvalue weighted by Gasteiger charge is -2.10. The lowest BCUT2D eigenvalue weighted by atomic mass is 10.1. The minimum absolute atomic E-state index is 0.483.